The molecule has 0 aliphatic rings. The number of hydrogen-bond donors (Lipinski definition) is 0. The van der Waals surface area contributed by atoms with Gasteiger partial charge in [-0.25, -0.2) is 9.97 Å². The first-order valence-corrected chi connectivity index (χ1v) is 4.39. The van der Waals surface area contributed by atoms with Gasteiger partial charge in [0, 0.05) is 17.8 Å². The Morgan fingerprint density at radius 3 is 2.62 bits per heavy atom. The van der Waals surface area contributed by atoms with E-state index in [1.54, 1.807) is 12.4 Å². The number of nitrogens with zero attached hydrogens (tertiary/aromatic N) is 3. The number of aryl methyl sites for hydroxylation is 1. The number of rotatable bonds is 0. The van der Waals surface area contributed by atoms with Gasteiger partial charge in [0.1, 0.15) is 6.33 Å². The van der Waals surface area contributed by atoms with E-state index in [4.69, 9.17) is 0 Å². The molecule has 0 saturated carbocycles. The average molecular weight is 175 g/mol. The molecular formula is C10H13N3. The Bertz CT molecular complexity index is 379. The molecule has 2 rings (SSSR count). The van der Waals surface area contributed by atoms with Crippen LogP contribution < -0.4 is 0 Å². The van der Waals surface area contributed by atoms with Crippen LogP contribution in [0.2, 0.25) is 0 Å². The lowest BCUT2D eigenvalue weighted by atomic mass is 10.2. The standard InChI is InChI=1S/C8H7N3.C2H6/c1-6-8-7(2-3-10-6)4-9-5-11-8;1-2/h2-5H,1H3;1-2H3. The second kappa shape index (κ2) is 4.50. The molecule has 0 radical (unpaired) electrons. The zero-order chi connectivity index (χ0) is 9.68. The molecule has 13 heavy (non-hydrogen) atoms. The van der Waals surface area contributed by atoms with E-state index in [0.29, 0.717) is 0 Å². The van der Waals surface area contributed by atoms with E-state index in [1.807, 2.05) is 26.8 Å². The van der Waals surface area contributed by atoms with Crippen LogP contribution in [0.3, 0.4) is 0 Å². The molecule has 0 aliphatic carbocycles. The van der Waals surface area contributed by atoms with E-state index in [-0.39, 0.29) is 0 Å². The molecule has 0 aromatic carbocycles. The third-order valence-electron chi connectivity index (χ3n) is 1.61. The van der Waals surface area contributed by atoms with Crippen LogP contribution in [0.1, 0.15) is 19.5 Å². The van der Waals surface area contributed by atoms with E-state index >= 15 is 0 Å². The predicted octanol–water partition coefficient (Wildman–Crippen LogP) is 2.36. The lowest BCUT2D eigenvalue weighted by Gasteiger charge is -1.96. The Hall–Kier alpha value is -1.51. The Labute approximate surface area is 77.9 Å². The predicted molar refractivity (Wildman–Crippen MR) is 53.4 cm³/mol. The summed E-state index contributed by atoms with van der Waals surface area (Å²) in [7, 11) is 0. The summed E-state index contributed by atoms with van der Waals surface area (Å²) in [5.41, 5.74) is 1.88. The van der Waals surface area contributed by atoms with Gasteiger partial charge in [-0.15, -0.1) is 0 Å². The molecule has 0 spiro atoms. The van der Waals surface area contributed by atoms with Crippen molar-refractivity contribution in [2.24, 2.45) is 0 Å². The molecule has 3 heteroatoms. The van der Waals surface area contributed by atoms with Gasteiger partial charge in [0.25, 0.3) is 0 Å². The van der Waals surface area contributed by atoms with Gasteiger partial charge in [-0.3, -0.25) is 4.98 Å². The van der Waals surface area contributed by atoms with Crippen molar-refractivity contribution in [3.8, 4) is 0 Å². The topological polar surface area (TPSA) is 38.7 Å². The summed E-state index contributed by atoms with van der Waals surface area (Å²) in [6.45, 7) is 5.94. The Balaban J connectivity index is 0.000000396. The highest BCUT2D eigenvalue weighted by molar-refractivity contribution is 5.78. The summed E-state index contributed by atoms with van der Waals surface area (Å²) >= 11 is 0. The molecule has 0 atom stereocenters. The van der Waals surface area contributed by atoms with Crippen molar-refractivity contribution in [2.75, 3.05) is 0 Å². The molecule has 0 unspecified atom stereocenters. The van der Waals surface area contributed by atoms with Crippen LogP contribution in [0.15, 0.2) is 24.8 Å². The van der Waals surface area contributed by atoms with Crippen LogP contribution in [0.25, 0.3) is 10.9 Å². The minimum atomic E-state index is 0.933. The fraction of sp³-hybridized carbons (Fsp3) is 0.300. The molecule has 0 fully saturated rings. The number of hydrogen-bond acceptors (Lipinski definition) is 3. The maximum absolute atomic E-state index is 4.12. The number of fused-ring (bicyclic) bond motifs is 1. The molecule has 68 valence electrons. The summed E-state index contributed by atoms with van der Waals surface area (Å²) in [5.74, 6) is 0. The highest BCUT2D eigenvalue weighted by atomic mass is 14.8. The molecule has 0 bridgehead atoms. The van der Waals surface area contributed by atoms with Crippen LogP contribution in [-0.4, -0.2) is 15.0 Å². The van der Waals surface area contributed by atoms with E-state index in [0.717, 1.165) is 16.6 Å². The van der Waals surface area contributed by atoms with Gasteiger partial charge in [0.2, 0.25) is 0 Å². The normalized spacial score (nSPS) is 9.15. The lowest BCUT2D eigenvalue weighted by molar-refractivity contribution is 1.16. The molecule has 0 saturated heterocycles. The van der Waals surface area contributed by atoms with E-state index in [1.165, 1.54) is 6.33 Å². The minimum absolute atomic E-state index is 0.933. The van der Waals surface area contributed by atoms with Crippen molar-refractivity contribution in [1.29, 1.82) is 0 Å². The van der Waals surface area contributed by atoms with Gasteiger partial charge in [-0.05, 0) is 13.0 Å². The summed E-state index contributed by atoms with van der Waals surface area (Å²) in [4.78, 5) is 12.1. The van der Waals surface area contributed by atoms with Gasteiger partial charge in [0.15, 0.2) is 0 Å². The first-order chi connectivity index (χ1) is 6.38. The molecule has 0 amide bonds. The molecule has 0 N–H and O–H groups in total. The van der Waals surface area contributed by atoms with Gasteiger partial charge < -0.3 is 0 Å². The summed E-state index contributed by atoms with van der Waals surface area (Å²) in [6, 6.07) is 1.91. The Morgan fingerprint density at radius 2 is 1.92 bits per heavy atom. The van der Waals surface area contributed by atoms with Crippen LogP contribution in [0, 0.1) is 6.92 Å². The quantitative estimate of drug-likeness (QED) is 0.617. The second-order valence-corrected chi connectivity index (χ2v) is 2.36. The molecule has 2 heterocycles. The summed E-state index contributed by atoms with van der Waals surface area (Å²) < 4.78 is 0. The maximum atomic E-state index is 4.12. The minimum Gasteiger partial charge on any atom is -0.259 e. The average Bonchev–Trinajstić information content (AvgIpc) is 2.22. The van der Waals surface area contributed by atoms with Crippen molar-refractivity contribution in [1.82, 2.24) is 15.0 Å². The lowest BCUT2D eigenvalue weighted by Crippen LogP contribution is -1.86. The van der Waals surface area contributed by atoms with Crippen molar-refractivity contribution in [3.63, 3.8) is 0 Å². The first kappa shape index (κ1) is 9.58. The maximum Gasteiger partial charge on any atom is 0.116 e. The number of aromatic nitrogens is 3. The zero-order valence-electron chi connectivity index (χ0n) is 8.15. The third kappa shape index (κ3) is 1.99. The summed E-state index contributed by atoms with van der Waals surface area (Å²) in [5, 5.41) is 1.04. The van der Waals surface area contributed by atoms with E-state index in [2.05, 4.69) is 15.0 Å². The van der Waals surface area contributed by atoms with Crippen molar-refractivity contribution >= 4 is 10.9 Å². The summed E-state index contributed by atoms with van der Waals surface area (Å²) in [6.07, 6.45) is 5.09. The smallest absolute Gasteiger partial charge is 0.116 e. The highest BCUT2D eigenvalue weighted by Gasteiger charge is 1.95. The third-order valence-corrected chi connectivity index (χ3v) is 1.61. The largest absolute Gasteiger partial charge is 0.259 e. The van der Waals surface area contributed by atoms with Crippen LogP contribution >= 0.6 is 0 Å². The Morgan fingerprint density at radius 1 is 1.15 bits per heavy atom. The van der Waals surface area contributed by atoms with Gasteiger partial charge in [-0.2, -0.15) is 0 Å². The molecular weight excluding hydrogens is 162 g/mol. The van der Waals surface area contributed by atoms with E-state index < -0.39 is 0 Å². The molecule has 2 aromatic rings. The fourth-order valence-corrected chi connectivity index (χ4v) is 1.06. The first-order valence-electron chi connectivity index (χ1n) is 4.39. The van der Waals surface area contributed by atoms with Crippen LogP contribution in [-0.2, 0) is 0 Å². The SMILES string of the molecule is CC.Cc1nccc2cncnc12. The van der Waals surface area contributed by atoms with Crippen molar-refractivity contribution in [3.05, 3.63) is 30.5 Å². The molecule has 0 aliphatic heterocycles. The number of pyridine rings is 1. The monoisotopic (exact) mass is 175 g/mol. The Kier molecular flexibility index (Phi) is 3.31. The van der Waals surface area contributed by atoms with Gasteiger partial charge in [-0.1, -0.05) is 13.8 Å². The van der Waals surface area contributed by atoms with Crippen molar-refractivity contribution < 1.29 is 0 Å². The van der Waals surface area contributed by atoms with Crippen molar-refractivity contribution in [2.45, 2.75) is 20.8 Å². The fourth-order valence-electron chi connectivity index (χ4n) is 1.06. The molecule has 2 aromatic heterocycles. The van der Waals surface area contributed by atoms with Gasteiger partial charge in [0.05, 0.1) is 11.2 Å². The van der Waals surface area contributed by atoms with Crippen LogP contribution in [0.4, 0.5) is 0 Å². The highest BCUT2D eigenvalue weighted by Crippen LogP contribution is 2.09. The zero-order valence-corrected chi connectivity index (χ0v) is 8.15. The van der Waals surface area contributed by atoms with Crippen LogP contribution in [0.5, 0.6) is 0 Å². The van der Waals surface area contributed by atoms with Gasteiger partial charge >= 0.3 is 0 Å². The molecule has 3 nitrogen and oxygen atoms in total. The second-order valence-electron chi connectivity index (χ2n) is 2.36. The van der Waals surface area contributed by atoms with E-state index in [9.17, 15) is 0 Å².